The molecule has 120 valence electrons. The summed E-state index contributed by atoms with van der Waals surface area (Å²) in [6.07, 6.45) is 4.18. The number of anilines is 1. The highest BCUT2D eigenvalue weighted by Crippen LogP contribution is 2.26. The van der Waals surface area contributed by atoms with Gasteiger partial charge in [0.2, 0.25) is 5.91 Å². The zero-order chi connectivity index (χ0) is 15.9. The van der Waals surface area contributed by atoms with Crippen LogP contribution in [-0.4, -0.2) is 36.2 Å². The fraction of sp³-hybridized carbons (Fsp3) is 0.556. The molecule has 2 rings (SSSR count). The summed E-state index contributed by atoms with van der Waals surface area (Å²) >= 11 is 0. The molecule has 1 aliphatic rings. The minimum absolute atomic E-state index is 0.0920. The van der Waals surface area contributed by atoms with Crippen molar-refractivity contribution in [3.63, 3.8) is 0 Å². The van der Waals surface area contributed by atoms with Gasteiger partial charge >= 0.3 is 0 Å². The number of hydrogen-bond acceptors (Lipinski definition) is 3. The molecule has 0 aromatic heterocycles. The molecule has 0 saturated heterocycles. The molecule has 1 aliphatic heterocycles. The molecule has 1 amide bonds. The topological polar surface area (TPSA) is 49.4 Å². The van der Waals surface area contributed by atoms with Gasteiger partial charge in [0.25, 0.3) is 0 Å². The van der Waals surface area contributed by atoms with E-state index >= 15 is 0 Å². The number of hydrogen-bond donors (Lipinski definition) is 1. The number of fused-ring (bicyclic) bond motifs is 1. The number of ketones is 1. The van der Waals surface area contributed by atoms with Crippen molar-refractivity contribution in [1.82, 2.24) is 4.90 Å². The zero-order valence-electron chi connectivity index (χ0n) is 13.7. The van der Waals surface area contributed by atoms with Gasteiger partial charge in [-0.2, -0.15) is 0 Å². The Bertz CT molecular complexity index is 540. The first-order valence-electron chi connectivity index (χ1n) is 8.22. The fourth-order valence-electron chi connectivity index (χ4n) is 3.03. The van der Waals surface area contributed by atoms with Crippen LogP contribution in [0.2, 0.25) is 0 Å². The Labute approximate surface area is 132 Å². The second-order valence-corrected chi connectivity index (χ2v) is 6.07. The molecule has 0 bridgehead atoms. The summed E-state index contributed by atoms with van der Waals surface area (Å²) in [7, 11) is 0. The molecular weight excluding hydrogens is 276 g/mol. The van der Waals surface area contributed by atoms with E-state index in [0.29, 0.717) is 12.8 Å². The number of benzene rings is 1. The first kappa shape index (κ1) is 16.7. The van der Waals surface area contributed by atoms with Gasteiger partial charge in [-0.15, -0.1) is 0 Å². The Kier molecular flexibility index (Phi) is 6.13. The first-order valence-corrected chi connectivity index (χ1v) is 8.22. The van der Waals surface area contributed by atoms with Gasteiger partial charge < -0.3 is 15.0 Å². The maximum Gasteiger partial charge on any atom is 0.228 e. The Morgan fingerprint density at radius 1 is 1.27 bits per heavy atom. The van der Waals surface area contributed by atoms with E-state index in [1.807, 2.05) is 12.1 Å². The molecule has 0 radical (unpaired) electrons. The first-order chi connectivity index (χ1) is 10.6. The highest BCUT2D eigenvalue weighted by atomic mass is 16.1. The van der Waals surface area contributed by atoms with Crippen LogP contribution in [0.3, 0.4) is 0 Å². The predicted octanol–water partition coefficient (Wildman–Crippen LogP) is 2.80. The third-order valence-electron chi connectivity index (χ3n) is 4.12. The van der Waals surface area contributed by atoms with Crippen LogP contribution in [0.25, 0.3) is 0 Å². The molecule has 0 atom stereocenters. The Balaban J connectivity index is 1.91. The van der Waals surface area contributed by atoms with Gasteiger partial charge in [0, 0.05) is 18.7 Å². The molecule has 1 N–H and O–H groups in total. The van der Waals surface area contributed by atoms with Crippen molar-refractivity contribution in [2.75, 3.05) is 25.0 Å². The minimum atomic E-state index is 0.0920. The molecule has 4 nitrogen and oxygen atoms in total. The lowest BCUT2D eigenvalue weighted by molar-refractivity contribution is -0.117. The van der Waals surface area contributed by atoms with Crippen molar-refractivity contribution in [2.24, 2.45) is 0 Å². The monoisotopic (exact) mass is 302 g/mol. The van der Waals surface area contributed by atoms with E-state index in [0.717, 1.165) is 50.1 Å². The van der Waals surface area contributed by atoms with E-state index in [4.69, 9.17) is 0 Å². The Hall–Kier alpha value is -1.68. The van der Waals surface area contributed by atoms with Crippen molar-refractivity contribution in [1.29, 1.82) is 0 Å². The summed E-state index contributed by atoms with van der Waals surface area (Å²) in [4.78, 5) is 25.0. The molecule has 0 saturated carbocycles. The van der Waals surface area contributed by atoms with Crippen molar-refractivity contribution >= 4 is 17.4 Å². The SMILES string of the molecule is CCCN(CCCC(C)=O)CCc1cccc2c1CC(=O)N2. The van der Waals surface area contributed by atoms with Gasteiger partial charge in [0.15, 0.2) is 0 Å². The van der Waals surface area contributed by atoms with Crippen LogP contribution in [0, 0.1) is 0 Å². The number of rotatable bonds is 9. The van der Waals surface area contributed by atoms with Gasteiger partial charge in [-0.3, -0.25) is 4.79 Å². The van der Waals surface area contributed by atoms with E-state index in [2.05, 4.69) is 23.2 Å². The van der Waals surface area contributed by atoms with Crippen LogP contribution in [0.4, 0.5) is 5.69 Å². The molecule has 4 heteroatoms. The van der Waals surface area contributed by atoms with Crippen molar-refractivity contribution < 1.29 is 9.59 Å². The lowest BCUT2D eigenvalue weighted by Gasteiger charge is -2.22. The third kappa shape index (κ3) is 4.67. The van der Waals surface area contributed by atoms with Crippen molar-refractivity contribution in [2.45, 2.75) is 46.0 Å². The summed E-state index contributed by atoms with van der Waals surface area (Å²) < 4.78 is 0. The van der Waals surface area contributed by atoms with E-state index in [-0.39, 0.29) is 11.7 Å². The standard InChI is InChI=1S/C18H26N2O2/c1-3-10-20(11-5-6-14(2)21)12-9-15-7-4-8-17-16(15)13-18(22)19-17/h4,7-8H,3,5-6,9-13H2,1-2H3,(H,19,22). The number of amides is 1. The highest BCUT2D eigenvalue weighted by molar-refractivity contribution is 5.99. The Morgan fingerprint density at radius 3 is 2.82 bits per heavy atom. The smallest absolute Gasteiger partial charge is 0.228 e. The van der Waals surface area contributed by atoms with Crippen LogP contribution in [0.15, 0.2) is 18.2 Å². The van der Waals surface area contributed by atoms with Gasteiger partial charge in [-0.05, 0) is 56.5 Å². The van der Waals surface area contributed by atoms with Crippen LogP contribution in [-0.2, 0) is 22.4 Å². The summed E-state index contributed by atoms with van der Waals surface area (Å²) in [5.74, 6) is 0.358. The van der Waals surface area contributed by atoms with Crippen LogP contribution < -0.4 is 5.32 Å². The van der Waals surface area contributed by atoms with Crippen LogP contribution in [0.1, 0.15) is 44.2 Å². The second kappa shape index (κ2) is 8.08. The lowest BCUT2D eigenvalue weighted by Crippen LogP contribution is -2.28. The molecular formula is C18H26N2O2. The zero-order valence-corrected chi connectivity index (χ0v) is 13.7. The van der Waals surface area contributed by atoms with Gasteiger partial charge in [0.1, 0.15) is 5.78 Å². The van der Waals surface area contributed by atoms with Gasteiger partial charge in [0.05, 0.1) is 6.42 Å². The molecule has 0 spiro atoms. The van der Waals surface area contributed by atoms with E-state index in [1.54, 1.807) is 6.92 Å². The van der Waals surface area contributed by atoms with Crippen molar-refractivity contribution in [3.05, 3.63) is 29.3 Å². The number of nitrogens with one attached hydrogen (secondary N) is 1. The van der Waals surface area contributed by atoms with Crippen molar-refractivity contribution in [3.8, 4) is 0 Å². The maximum atomic E-state index is 11.5. The predicted molar refractivity (Wildman–Crippen MR) is 89.1 cm³/mol. The molecule has 0 aliphatic carbocycles. The average Bonchev–Trinajstić information content (AvgIpc) is 2.85. The average molecular weight is 302 g/mol. The van der Waals surface area contributed by atoms with Gasteiger partial charge in [-0.1, -0.05) is 19.1 Å². The van der Waals surface area contributed by atoms with Gasteiger partial charge in [-0.25, -0.2) is 0 Å². The summed E-state index contributed by atoms with van der Waals surface area (Å²) in [6.45, 7) is 6.85. The highest BCUT2D eigenvalue weighted by Gasteiger charge is 2.20. The maximum absolute atomic E-state index is 11.5. The summed E-state index contributed by atoms with van der Waals surface area (Å²) in [5.41, 5.74) is 3.40. The van der Waals surface area contributed by atoms with Crippen LogP contribution >= 0.6 is 0 Å². The molecule has 22 heavy (non-hydrogen) atoms. The quantitative estimate of drug-likeness (QED) is 0.763. The molecule has 0 fully saturated rings. The largest absolute Gasteiger partial charge is 0.326 e. The lowest BCUT2D eigenvalue weighted by atomic mass is 10.0. The fourth-order valence-corrected chi connectivity index (χ4v) is 3.03. The van der Waals surface area contributed by atoms with E-state index in [9.17, 15) is 9.59 Å². The number of carbonyl (C=O) groups excluding carboxylic acids is 2. The van der Waals surface area contributed by atoms with Crippen LogP contribution in [0.5, 0.6) is 0 Å². The number of Topliss-reactive ketones (excluding diaryl/α,β-unsaturated/α-hetero) is 1. The molecule has 1 heterocycles. The molecule has 1 aromatic rings. The summed E-state index contributed by atoms with van der Waals surface area (Å²) in [6, 6.07) is 6.11. The normalized spacial score (nSPS) is 13.3. The minimum Gasteiger partial charge on any atom is -0.326 e. The van der Waals surface area contributed by atoms with E-state index in [1.165, 1.54) is 5.56 Å². The summed E-state index contributed by atoms with van der Waals surface area (Å²) in [5, 5.41) is 2.91. The number of carbonyl (C=O) groups is 2. The second-order valence-electron chi connectivity index (χ2n) is 6.07. The Morgan fingerprint density at radius 2 is 2.09 bits per heavy atom. The third-order valence-corrected chi connectivity index (χ3v) is 4.12. The van der Waals surface area contributed by atoms with E-state index < -0.39 is 0 Å². The number of nitrogens with zero attached hydrogens (tertiary/aromatic N) is 1. The molecule has 0 unspecified atom stereocenters. The molecule has 1 aromatic carbocycles.